The summed E-state index contributed by atoms with van der Waals surface area (Å²) in [5.74, 6) is 0. The van der Waals surface area contributed by atoms with Crippen LogP contribution in [0.4, 0.5) is 34.1 Å². The fourth-order valence-electron chi connectivity index (χ4n) is 13.0. The van der Waals surface area contributed by atoms with Gasteiger partial charge in [0.05, 0.1) is 5.69 Å². The van der Waals surface area contributed by atoms with Crippen molar-refractivity contribution < 1.29 is 0 Å². The molecule has 0 saturated heterocycles. The second kappa shape index (κ2) is 11.9. The van der Waals surface area contributed by atoms with Gasteiger partial charge in [-0.15, -0.1) is 0 Å². The lowest BCUT2D eigenvalue weighted by molar-refractivity contribution is 0.353. The fourth-order valence-corrected chi connectivity index (χ4v) is 13.0. The lowest BCUT2D eigenvalue weighted by Gasteiger charge is -2.44. The van der Waals surface area contributed by atoms with Crippen LogP contribution < -0.4 is 26.2 Å². The summed E-state index contributed by atoms with van der Waals surface area (Å²) in [6.45, 7) is 0.130. The molecule has 274 valence electrons. The first-order valence-electron chi connectivity index (χ1n) is 21.7. The van der Waals surface area contributed by atoms with E-state index in [4.69, 9.17) is 0 Å². The van der Waals surface area contributed by atoms with Crippen molar-refractivity contribution in [3.8, 4) is 22.3 Å². The molecular weight excluding hydrogens is 687 g/mol. The highest BCUT2D eigenvalue weighted by Gasteiger charge is 2.48. The number of benzene rings is 7. The quantitative estimate of drug-likeness (QED) is 0.163. The van der Waals surface area contributed by atoms with E-state index in [2.05, 4.69) is 161 Å². The summed E-state index contributed by atoms with van der Waals surface area (Å²) in [6, 6.07) is 59.0. The summed E-state index contributed by atoms with van der Waals surface area (Å²) in [5, 5.41) is 0. The van der Waals surface area contributed by atoms with Gasteiger partial charge in [-0.1, -0.05) is 148 Å². The molecular formula is C54H45BN2. The van der Waals surface area contributed by atoms with Gasteiger partial charge < -0.3 is 9.80 Å². The maximum atomic E-state index is 2.64. The van der Waals surface area contributed by atoms with Crippen molar-refractivity contribution in [3.63, 3.8) is 0 Å². The average molecular weight is 733 g/mol. The molecule has 0 unspecified atom stereocenters. The number of rotatable bonds is 2. The number of anilines is 6. The van der Waals surface area contributed by atoms with E-state index in [1.807, 2.05) is 0 Å². The Morgan fingerprint density at radius 3 is 1.58 bits per heavy atom. The Labute approximate surface area is 336 Å². The Bertz CT molecular complexity index is 2800. The van der Waals surface area contributed by atoms with E-state index in [1.165, 1.54) is 143 Å². The van der Waals surface area contributed by atoms with Crippen molar-refractivity contribution in [2.75, 3.05) is 9.80 Å². The first-order valence-corrected chi connectivity index (χ1v) is 21.7. The molecule has 2 nitrogen and oxygen atoms in total. The van der Waals surface area contributed by atoms with E-state index < -0.39 is 0 Å². The zero-order valence-electron chi connectivity index (χ0n) is 32.5. The minimum absolute atomic E-state index is 0.103. The Morgan fingerprint density at radius 2 is 0.860 bits per heavy atom. The molecule has 0 aromatic heterocycles. The third-order valence-electron chi connectivity index (χ3n) is 15.2. The fraction of sp³-hybridized carbons (Fsp3) is 0.222. The van der Waals surface area contributed by atoms with Crippen LogP contribution in [-0.4, -0.2) is 6.71 Å². The Morgan fingerprint density at radius 1 is 0.368 bits per heavy atom. The lowest BCUT2D eigenvalue weighted by atomic mass is 9.33. The van der Waals surface area contributed by atoms with E-state index in [0.29, 0.717) is 0 Å². The highest BCUT2D eigenvalue weighted by Crippen LogP contribution is 2.60. The van der Waals surface area contributed by atoms with Crippen LogP contribution in [-0.2, 0) is 10.8 Å². The molecule has 2 spiro atoms. The second-order valence-corrected chi connectivity index (χ2v) is 17.7. The van der Waals surface area contributed by atoms with Crippen molar-refractivity contribution in [3.05, 3.63) is 174 Å². The van der Waals surface area contributed by atoms with Gasteiger partial charge in [-0.05, 0) is 123 Å². The number of fused-ring (bicyclic) bond motifs is 14. The predicted octanol–water partition coefficient (Wildman–Crippen LogP) is 12.2. The van der Waals surface area contributed by atoms with E-state index in [-0.39, 0.29) is 17.5 Å². The predicted molar refractivity (Wildman–Crippen MR) is 239 cm³/mol. The van der Waals surface area contributed by atoms with E-state index in [9.17, 15) is 0 Å². The van der Waals surface area contributed by atoms with Crippen LogP contribution in [0.2, 0.25) is 0 Å². The van der Waals surface area contributed by atoms with Gasteiger partial charge in [-0.25, -0.2) is 0 Å². The summed E-state index contributed by atoms with van der Waals surface area (Å²) < 4.78 is 0. The molecule has 7 aromatic carbocycles. The van der Waals surface area contributed by atoms with Crippen molar-refractivity contribution in [2.24, 2.45) is 0 Å². The molecule has 7 aromatic rings. The molecule has 4 aliphatic carbocycles. The molecule has 6 aliphatic rings. The zero-order chi connectivity index (χ0) is 37.3. The SMILES string of the molecule is c1ccc2c(c1)B1c3ccccc3N(c3cccc4c3-c3ccccc3C43CCCCC3)c3cccc(c31)N2c1ccc2c(c1)-c1ccccc1C21CCCCC1. The number of hydrogen-bond acceptors (Lipinski definition) is 2. The topological polar surface area (TPSA) is 6.48 Å². The largest absolute Gasteiger partial charge is 0.311 e. The maximum absolute atomic E-state index is 2.64. The third kappa shape index (κ3) is 4.17. The molecule has 0 N–H and O–H groups in total. The molecule has 3 heteroatoms. The van der Waals surface area contributed by atoms with Crippen LogP contribution in [0.15, 0.2) is 152 Å². The molecule has 2 saturated carbocycles. The normalized spacial score (nSPS) is 18.4. The molecule has 2 heterocycles. The van der Waals surface area contributed by atoms with Crippen molar-refractivity contribution in [1.29, 1.82) is 0 Å². The van der Waals surface area contributed by atoms with Crippen LogP contribution in [0.1, 0.15) is 86.5 Å². The van der Waals surface area contributed by atoms with E-state index >= 15 is 0 Å². The summed E-state index contributed by atoms with van der Waals surface area (Å²) in [7, 11) is 0. The van der Waals surface area contributed by atoms with Gasteiger partial charge in [0, 0.05) is 44.8 Å². The van der Waals surface area contributed by atoms with E-state index in [0.717, 1.165) is 0 Å². The standard InChI is InChI=1S/C54H45BN2/c1-11-31-53(32-12-1)40-19-5-3-17-37(40)39-35-36(29-30-42(39)53)56-46-24-9-7-22-44(46)55-45-23-8-10-25-47(45)57(50-28-16-27-49(56)52(50)55)48-26-15-21-43-51(48)38-18-4-6-20-41(38)54(43)33-13-2-14-34-54/h3-10,15-30,35H,1-2,11-14,31-34H2. The molecule has 0 bridgehead atoms. The minimum Gasteiger partial charge on any atom is -0.311 e. The summed E-state index contributed by atoms with van der Waals surface area (Å²) in [5.41, 5.74) is 24.0. The van der Waals surface area contributed by atoms with Gasteiger partial charge in [-0.2, -0.15) is 0 Å². The first-order chi connectivity index (χ1) is 28.3. The van der Waals surface area contributed by atoms with Gasteiger partial charge in [0.25, 0.3) is 6.71 Å². The van der Waals surface area contributed by atoms with Crippen LogP contribution in [0.25, 0.3) is 22.3 Å². The second-order valence-electron chi connectivity index (χ2n) is 17.7. The summed E-state index contributed by atoms with van der Waals surface area (Å²) in [4.78, 5) is 5.23. The molecule has 2 aliphatic heterocycles. The highest BCUT2D eigenvalue weighted by molar-refractivity contribution is 7.00. The van der Waals surface area contributed by atoms with Gasteiger partial charge in [0.15, 0.2) is 0 Å². The number of hydrogen-bond donors (Lipinski definition) is 0. The van der Waals surface area contributed by atoms with Crippen LogP contribution >= 0.6 is 0 Å². The van der Waals surface area contributed by atoms with Gasteiger partial charge in [0.1, 0.15) is 0 Å². The van der Waals surface area contributed by atoms with Crippen molar-refractivity contribution >= 4 is 57.2 Å². The van der Waals surface area contributed by atoms with Gasteiger partial charge in [-0.3, -0.25) is 0 Å². The smallest absolute Gasteiger partial charge is 0.252 e. The van der Waals surface area contributed by atoms with Gasteiger partial charge in [0.2, 0.25) is 0 Å². The summed E-state index contributed by atoms with van der Waals surface area (Å²) in [6.07, 6.45) is 12.9. The molecule has 13 rings (SSSR count). The van der Waals surface area contributed by atoms with Gasteiger partial charge >= 0.3 is 0 Å². The van der Waals surface area contributed by atoms with Crippen molar-refractivity contribution in [2.45, 2.75) is 75.0 Å². The number of para-hydroxylation sites is 2. The Kier molecular flexibility index (Phi) is 6.73. The minimum atomic E-state index is 0.103. The first kappa shape index (κ1) is 32.3. The molecule has 57 heavy (non-hydrogen) atoms. The van der Waals surface area contributed by atoms with E-state index in [1.54, 1.807) is 16.7 Å². The van der Waals surface area contributed by atoms with Crippen LogP contribution in [0.3, 0.4) is 0 Å². The number of nitrogens with zero attached hydrogens (tertiary/aromatic N) is 2. The molecule has 0 amide bonds. The van der Waals surface area contributed by atoms with Crippen LogP contribution in [0.5, 0.6) is 0 Å². The zero-order valence-corrected chi connectivity index (χ0v) is 32.5. The Hall–Kier alpha value is -5.80. The maximum Gasteiger partial charge on any atom is 0.252 e. The highest BCUT2D eigenvalue weighted by atomic mass is 15.2. The monoisotopic (exact) mass is 732 g/mol. The average Bonchev–Trinajstić information content (AvgIpc) is 3.70. The van der Waals surface area contributed by atoms with Crippen LogP contribution in [0, 0.1) is 0 Å². The Balaban J connectivity index is 1.04. The lowest BCUT2D eigenvalue weighted by Crippen LogP contribution is -2.61. The third-order valence-corrected chi connectivity index (χ3v) is 15.2. The molecule has 0 radical (unpaired) electrons. The summed E-state index contributed by atoms with van der Waals surface area (Å²) >= 11 is 0. The molecule has 0 atom stereocenters. The molecule has 2 fully saturated rings. The van der Waals surface area contributed by atoms with Crippen molar-refractivity contribution in [1.82, 2.24) is 0 Å².